The van der Waals surface area contributed by atoms with Crippen molar-refractivity contribution in [2.45, 2.75) is 13.5 Å². The molecule has 1 aromatic heterocycles. The van der Waals surface area contributed by atoms with Gasteiger partial charge in [-0.15, -0.1) is 0 Å². The molecule has 0 unspecified atom stereocenters. The molecule has 3 rings (SSSR count). The van der Waals surface area contributed by atoms with Crippen molar-refractivity contribution in [3.05, 3.63) is 77.7 Å². The molecular formula is C19H17ClN4O. The normalized spacial score (nSPS) is 11.4. The Kier molecular flexibility index (Phi) is 5.26. The zero-order valence-corrected chi connectivity index (χ0v) is 14.4. The average Bonchev–Trinajstić information content (AvgIpc) is 3.09. The van der Waals surface area contributed by atoms with Gasteiger partial charge in [0.1, 0.15) is 6.54 Å². The Morgan fingerprint density at radius 2 is 1.88 bits per heavy atom. The van der Waals surface area contributed by atoms with Crippen molar-refractivity contribution in [3.8, 4) is 11.3 Å². The quantitative estimate of drug-likeness (QED) is 0.561. The van der Waals surface area contributed by atoms with Crippen molar-refractivity contribution < 1.29 is 4.79 Å². The van der Waals surface area contributed by atoms with Crippen molar-refractivity contribution in [1.29, 1.82) is 0 Å². The molecule has 1 N–H and O–H groups in total. The van der Waals surface area contributed by atoms with Crippen LogP contribution in [0.25, 0.3) is 11.3 Å². The maximum atomic E-state index is 12.1. The van der Waals surface area contributed by atoms with Gasteiger partial charge in [0.2, 0.25) is 0 Å². The molecule has 5 nitrogen and oxygen atoms in total. The topological polar surface area (TPSA) is 59.3 Å². The summed E-state index contributed by atoms with van der Waals surface area (Å²) < 4.78 is 1.73. The van der Waals surface area contributed by atoms with E-state index in [0.717, 1.165) is 16.8 Å². The van der Waals surface area contributed by atoms with E-state index in [2.05, 4.69) is 15.5 Å². The lowest BCUT2D eigenvalue weighted by Crippen LogP contribution is -2.23. The largest absolute Gasteiger partial charge is 0.327 e. The summed E-state index contributed by atoms with van der Waals surface area (Å²) in [7, 11) is 0. The van der Waals surface area contributed by atoms with Crippen LogP contribution in [0.3, 0.4) is 0 Å². The van der Waals surface area contributed by atoms with Gasteiger partial charge >= 0.3 is 0 Å². The number of aromatic nitrogens is 2. The van der Waals surface area contributed by atoms with Crippen molar-refractivity contribution >= 4 is 23.2 Å². The summed E-state index contributed by atoms with van der Waals surface area (Å²) in [5, 5.41) is 4.79. The molecule has 126 valence electrons. The SMILES string of the molecule is CC(=NNC(=O)Cn1cnc(-c2ccccc2)c1)c1ccc(Cl)cc1. The summed E-state index contributed by atoms with van der Waals surface area (Å²) in [5.41, 5.74) is 6.01. The van der Waals surface area contributed by atoms with Gasteiger partial charge in [0.15, 0.2) is 0 Å². The van der Waals surface area contributed by atoms with E-state index in [1.807, 2.05) is 55.6 Å². The first-order valence-electron chi connectivity index (χ1n) is 7.78. The fraction of sp³-hybridized carbons (Fsp3) is 0.105. The predicted molar refractivity (Wildman–Crippen MR) is 99.5 cm³/mol. The molecule has 1 heterocycles. The number of carbonyl (C=O) groups excluding carboxylic acids is 1. The Labute approximate surface area is 151 Å². The molecule has 0 atom stereocenters. The highest BCUT2D eigenvalue weighted by Gasteiger charge is 2.06. The summed E-state index contributed by atoms with van der Waals surface area (Å²) in [6.45, 7) is 1.98. The lowest BCUT2D eigenvalue weighted by molar-refractivity contribution is -0.121. The number of imidazole rings is 1. The van der Waals surface area contributed by atoms with Gasteiger partial charge in [-0.2, -0.15) is 5.10 Å². The van der Waals surface area contributed by atoms with Crippen LogP contribution in [0.4, 0.5) is 0 Å². The molecule has 3 aromatic rings. The number of carbonyl (C=O) groups is 1. The van der Waals surface area contributed by atoms with E-state index in [1.54, 1.807) is 23.0 Å². The Hall–Kier alpha value is -2.92. The number of rotatable bonds is 5. The molecular weight excluding hydrogens is 336 g/mol. The molecule has 0 bridgehead atoms. The predicted octanol–water partition coefficient (Wildman–Crippen LogP) is 3.74. The first-order chi connectivity index (χ1) is 12.1. The van der Waals surface area contributed by atoms with Crippen LogP contribution in [0.15, 0.2) is 72.2 Å². The minimum Gasteiger partial charge on any atom is -0.327 e. The highest BCUT2D eigenvalue weighted by Crippen LogP contribution is 2.15. The minimum atomic E-state index is -0.217. The van der Waals surface area contributed by atoms with Crippen LogP contribution in [0.5, 0.6) is 0 Å². The van der Waals surface area contributed by atoms with Crippen LogP contribution >= 0.6 is 11.6 Å². The van der Waals surface area contributed by atoms with Crippen LogP contribution in [-0.2, 0) is 11.3 Å². The standard InChI is InChI=1S/C19H17ClN4O/c1-14(15-7-9-17(20)10-8-15)22-23-19(25)12-24-11-18(21-13-24)16-5-3-2-4-6-16/h2-11,13H,12H2,1H3,(H,23,25). The number of nitrogens with one attached hydrogen (secondary N) is 1. The Morgan fingerprint density at radius 3 is 2.60 bits per heavy atom. The van der Waals surface area contributed by atoms with Crippen molar-refractivity contribution in [2.24, 2.45) is 5.10 Å². The zero-order valence-electron chi connectivity index (χ0n) is 13.7. The van der Waals surface area contributed by atoms with Gasteiger partial charge in [-0.25, -0.2) is 10.4 Å². The Bertz CT molecular complexity index is 885. The third-order valence-electron chi connectivity index (χ3n) is 3.64. The molecule has 0 aliphatic carbocycles. The molecule has 0 spiro atoms. The summed E-state index contributed by atoms with van der Waals surface area (Å²) in [6.07, 6.45) is 3.47. The van der Waals surface area contributed by atoms with Crippen LogP contribution in [0.1, 0.15) is 12.5 Å². The van der Waals surface area contributed by atoms with E-state index >= 15 is 0 Å². The van der Waals surface area contributed by atoms with Gasteiger partial charge < -0.3 is 4.57 Å². The molecule has 0 fully saturated rings. The summed E-state index contributed by atoms with van der Waals surface area (Å²) in [6, 6.07) is 17.1. The molecule has 25 heavy (non-hydrogen) atoms. The zero-order chi connectivity index (χ0) is 17.6. The van der Waals surface area contributed by atoms with E-state index in [0.29, 0.717) is 10.7 Å². The highest BCUT2D eigenvalue weighted by atomic mass is 35.5. The first-order valence-corrected chi connectivity index (χ1v) is 8.16. The van der Waals surface area contributed by atoms with Crippen LogP contribution in [-0.4, -0.2) is 21.2 Å². The van der Waals surface area contributed by atoms with E-state index in [-0.39, 0.29) is 12.5 Å². The average molecular weight is 353 g/mol. The first kappa shape index (κ1) is 16.9. The van der Waals surface area contributed by atoms with Crippen LogP contribution < -0.4 is 5.43 Å². The van der Waals surface area contributed by atoms with E-state index in [4.69, 9.17) is 11.6 Å². The number of amides is 1. The Morgan fingerprint density at radius 1 is 1.16 bits per heavy atom. The molecule has 0 saturated heterocycles. The number of nitrogens with zero attached hydrogens (tertiary/aromatic N) is 3. The van der Waals surface area contributed by atoms with Crippen molar-refractivity contribution in [2.75, 3.05) is 0 Å². The fourth-order valence-corrected chi connectivity index (χ4v) is 2.43. The molecule has 2 aromatic carbocycles. The number of hydrogen-bond acceptors (Lipinski definition) is 3. The lowest BCUT2D eigenvalue weighted by atomic mass is 10.1. The summed E-state index contributed by atoms with van der Waals surface area (Å²) in [4.78, 5) is 16.4. The highest BCUT2D eigenvalue weighted by molar-refractivity contribution is 6.30. The molecule has 0 radical (unpaired) electrons. The monoisotopic (exact) mass is 352 g/mol. The summed E-state index contributed by atoms with van der Waals surface area (Å²) in [5.74, 6) is -0.217. The second-order valence-corrected chi connectivity index (χ2v) is 5.97. The lowest BCUT2D eigenvalue weighted by Gasteiger charge is -2.04. The third-order valence-corrected chi connectivity index (χ3v) is 3.89. The maximum Gasteiger partial charge on any atom is 0.260 e. The molecule has 0 aliphatic rings. The fourth-order valence-electron chi connectivity index (χ4n) is 2.31. The van der Waals surface area contributed by atoms with Gasteiger partial charge in [0.05, 0.1) is 17.7 Å². The number of hydrogen-bond donors (Lipinski definition) is 1. The number of benzene rings is 2. The van der Waals surface area contributed by atoms with E-state index < -0.39 is 0 Å². The Balaban J connectivity index is 1.60. The van der Waals surface area contributed by atoms with Crippen LogP contribution in [0, 0.1) is 0 Å². The van der Waals surface area contributed by atoms with Crippen molar-refractivity contribution in [3.63, 3.8) is 0 Å². The minimum absolute atomic E-state index is 0.150. The molecule has 1 amide bonds. The number of hydrazone groups is 1. The van der Waals surface area contributed by atoms with E-state index in [9.17, 15) is 4.79 Å². The van der Waals surface area contributed by atoms with Gasteiger partial charge in [-0.05, 0) is 24.6 Å². The van der Waals surface area contributed by atoms with Gasteiger partial charge in [-0.1, -0.05) is 54.1 Å². The van der Waals surface area contributed by atoms with Gasteiger partial charge in [0.25, 0.3) is 5.91 Å². The molecule has 0 aliphatic heterocycles. The van der Waals surface area contributed by atoms with Crippen LogP contribution in [0.2, 0.25) is 5.02 Å². The molecule has 6 heteroatoms. The maximum absolute atomic E-state index is 12.1. The molecule has 0 saturated carbocycles. The third kappa shape index (κ3) is 4.55. The van der Waals surface area contributed by atoms with E-state index in [1.165, 1.54) is 0 Å². The van der Waals surface area contributed by atoms with Gasteiger partial charge in [0, 0.05) is 16.8 Å². The summed E-state index contributed by atoms with van der Waals surface area (Å²) >= 11 is 5.86. The smallest absolute Gasteiger partial charge is 0.260 e. The number of halogens is 1. The van der Waals surface area contributed by atoms with Crippen molar-refractivity contribution in [1.82, 2.24) is 15.0 Å². The van der Waals surface area contributed by atoms with Gasteiger partial charge in [-0.3, -0.25) is 4.79 Å². The second-order valence-electron chi connectivity index (χ2n) is 5.54. The second kappa shape index (κ2) is 7.77.